The summed E-state index contributed by atoms with van der Waals surface area (Å²) in [7, 11) is 0. The van der Waals surface area contributed by atoms with Gasteiger partial charge in [0.05, 0.1) is 33.0 Å². The van der Waals surface area contributed by atoms with Gasteiger partial charge in [0.1, 0.15) is 54.4 Å². The van der Waals surface area contributed by atoms with E-state index in [1.165, 1.54) is 43.3 Å². The number of aromatic nitrogens is 1. The summed E-state index contributed by atoms with van der Waals surface area (Å²) in [5, 5.41) is 176. The molecule has 1 saturated heterocycles. The van der Waals surface area contributed by atoms with E-state index in [4.69, 9.17) is 31.9 Å². The first-order valence-corrected chi connectivity index (χ1v) is 39.6. The Morgan fingerprint density at radius 3 is 1.57 bits per heavy atom. The number of anilines is 2. The fourth-order valence-corrected chi connectivity index (χ4v) is 12.8. The zero-order chi connectivity index (χ0) is 85.8. The number of amidine groups is 2. The number of unbranched alkanes of at least 4 members (excludes halogenated alkanes) is 1. The topological polar surface area (TPSA) is 522 Å². The van der Waals surface area contributed by atoms with Gasteiger partial charge in [0.2, 0.25) is 59.0 Å². The van der Waals surface area contributed by atoms with Crippen LogP contribution in [0.4, 0.5) is 11.4 Å². The van der Waals surface area contributed by atoms with Crippen LogP contribution in [-0.4, -0.2) is 272 Å². The minimum Gasteiger partial charge on any atom is -0.497 e. The first-order chi connectivity index (χ1) is 56.4. The summed E-state index contributed by atoms with van der Waals surface area (Å²) in [6, 6.07) is 20.7. The molecule has 118 heavy (non-hydrogen) atoms. The summed E-state index contributed by atoms with van der Waals surface area (Å²) in [5.74, 6) is -7.91. The molecule has 1 aromatic heterocycles. The number of amides is 1. The Morgan fingerprint density at radius 1 is 0.551 bits per heavy atom. The van der Waals surface area contributed by atoms with Gasteiger partial charge in [-0.1, -0.05) is 124 Å². The molecule has 10 unspecified atom stereocenters. The molecule has 18 N–H and O–H groups in total. The van der Waals surface area contributed by atoms with Crippen molar-refractivity contribution in [2.75, 3.05) is 63.3 Å². The lowest BCUT2D eigenvalue weighted by atomic mass is 10.0. The zero-order valence-corrected chi connectivity index (χ0v) is 68.2. The molecule has 1 aliphatic rings. The molecule has 1 aliphatic heterocycles. The second-order valence-electron chi connectivity index (χ2n) is 29.1. The minimum atomic E-state index is -1.86. The maximum Gasteiger partial charge on any atom is 0.286 e. The van der Waals surface area contributed by atoms with Crippen molar-refractivity contribution in [1.29, 1.82) is 10.8 Å². The Labute approximate surface area is 691 Å². The van der Waals surface area contributed by atoms with E-state index < -0.39 is 138 Å². The average molecular weight is 1650 g/mol. The van der Waals surface area contributed by atoms with Crippen LogP contribution >= 0.6 is 11.6 Å². The Balaban J connectivity index is 1.34. The van der Waals surface area contributed by atoms with E-state index in [1.807, 2.05) is 77.1 Å². The average Bonchev–Trinajstić information content (AvgIpc) is 1.45. The molecule has 1 fully saturated rings. The second-order valence-corrected chi connectivity index (χ2v) is 29.5. The van der Waals surface area contributed by atoms with E-state index in [9.17, 15) is 71.2 Å². The van der Waals surface area contributed by atoms with Gasteiger partial charge >= 0.3 is 0 Å². The monoisotopic (exact) mass is 1650 g/mol. The van der Waals surface area contributed by atoms with Gasteiger partial charge in [0.15, 0.2) is 11.9 Å². The highest BCUT2D eigenvalue weighted by Gasteiger charge is 2.38. The van der Waals surface area contributed by atoms with E-state index in [0.29, 0.717) is 90.7 Å². The van der Waals surface area contributed by atoms with Crippen molar-refractivity contribution in [2.45, 2.75) is 186 Å². The highest BCUT2D eigenvalue weighted by atomic mass is 35.5. The minimum absolute atomic E-state index is 0.0256. The number of fused-ring (bicyclic) bond motifs is 1. The van der Waals surface area contributed by atoms with E-state index in [0.717, 1.165) is 16.3 Å². The summed E-state index contributed by atoms with van der Waals surface area (Å²) in [6.07, 6.45) is 4.09. The van der Waals surface area contributed by atoms with E-state index in [1.54, 1.807) is 72.8 Å². The number of hydrogen-bond donors (Lipinski definition) is 18. The van der Waals surface area contributed by atoms with Crippen molar-refractivity contribution in [3.8, 4) is 0 Å². The van der Waals surface area contributed by atoms with Crippen molar-refractivity contribution in [2.24, 2.45) is 55.8 Å². The number of benzene rings is 5. The first kappa shape index (κ1) is 93.5. The third-order valence-electron chi connectivity index (χ3n) is 18.7. The SMILES string of the molecule is CCOCCOCCN=C(O)Nc1ccc(CC(N=C(O)C(CO)N=C(O)C(Cc2cccnc2)N=C(O)C(Cc2ccc(Cl)cc2)N=C(O)C(Cc2ccc3ccccc3c2)N=C(C)O)C(O)=NC(Cc2ccc(NC(=N)O)cc2)C(O)=NC(CC(C)C)C(O)=NC(CCCCNC(C)C)C(=O)N2CCCC2C(O)=NC(C)C(=N)O)cc1. The van der Waals surface area contributed by atoms with Crippen molar-refractivity contribution in [3.05, 3.63) is 173 Å². The molecular weight excluding hydrogens is 1540 g/mol. The largest absolute Gasteiger partial charge is 0.497 e. The van der Waals surface area contributed by atoms with E-state index in [2.05, 4.69) is 70.9 Å². The lowest BCUT2D eigenvalue weighted by molar-refractivity contribution is -0.132. The fraction of sp³-hybridized carbons (Fsp3) is 0.452. The Morgan fingerprint density at radius 2 is 1.04 bits per heavy atom. The molecule has 0 saturated carbocycles. The van der Waals surface area contributed by atoms with Gasteiger partial charge < -0.3 is 96.7 Å². The standard InChI is InChI=1S/C84H112ClN17O16/c1-8-117-39-40-118-38-36-90-84(116)94-63-32-25-56(26-33-63)45-69(78(110)98-68(44-55-23-30-62(31-24-55)93-83(87)115)76(108)96-65(41-50(2)3)74(106)95-64(18-11-12-35-89-51(4)5)82(114)102-37-14-19-72(102)81(113)91-52(6)73(86)105)100-80(112)71(49-103)101-79(111)70(47-58-15-13-34-88-48-58)99-77(109)67(43-54-21-28-61(85)29-22-54)97-75(107)66(92-53(7)104)46-57-20-27-59-16-9-10-17-60(59)42-57/h9-10,13,15-17,20-34,42,48,50-52,64-72,89,103H,8,11-12,14,18-19,35-41,43-47,49H2,1-7H3,(H2,86,105)(H,91,113)(H,92,104)(H,95,106)(H,96,108)(H,97,107)(H,98,110)(H,99,109)(H,100,112)(H,101,111)(H3,87,93,115)(H2,90,94,116). The summed E-state index contributed by atoms with van der Waals surface area (Å²) < 4.78 is 10.8. The molecule has 6 aromatic rings. The molecule has 34 heteroatoms. The molecule has 0 spiro atoms. The van der Waals surface area contributed by atoms with Gasteiger partial charge in [-0.3, -0.25) is 20.6 Å². The molecule has 5 aromatic carbocycles. The lowest BCUT2D eigenvalue weighted by Gasteiger charge is -2.27. The third-order valence-corrected chi connectivity index (χ3v) is 19.0. The number of likely N-dealkylation sites (tertiary alicyclic amines) is 1. The molecule has 10 atom stereocenters. The van der Waals surface area contributed by atoms with Crippen LogP contribution in [0.15, 0.2) is 190 Å². The van der Waals surface area contributed by atoms with Gasteiger partial charge in [0.25, 0.3) is 12.0 Å². The van der Waals surface area contributed by atoms with Crippen molar-refractivity contribution in [1.82, 2.24) is 15.2 Å². The highest BCUT2D eigenvalue weighted by Crippen LogP contribution is 2.26. The smallest absolute Gasteiger partial charge is 0.286 e. The molecule has 7 rings (SSSR count). The van der Waals surface area contributed by atoms with Crippen LogP contribution in [-0.2, 0) is 46.4 Å². The first-order valence-electron chi connectivity index (χ1n) is 39.2. The Kier molecular flexibility index (Phi) is 38.2. The van der Waals surface area contributed by atoms with Crippen LogP contribution < -0.4 is 16.0 Å². The maximum atomic E-state index is 14.8. The number of nitrogens with zero attached hydrogens (tertiary/aromatic N) is 12. The molecule has 1 amide bonds. The van der Waals surface area contributed by atoms with Gasteiger partial charge in [-0.2, -0.15) is 0 Å². The molecule has 33 nitrogen and oxygen atoms in total. The third kappa shape index (κ3) is 31.8. The predicted octanol–water partition coefficient (Wildman–Crippen LogP) is 12.4. The van der Waals surface area contributed by atoms with Crippen LogP contribution in [0.1, 0.15) is 115 Å². The number of nitrogens with one attached hydrogen (secondary N) is 5. The summed E-state index contributed by atoms with van der Waals surface area (Å²) in [6.45, 7) is 13.6. The highest BCUT2D eigenvalue weighted by molar-refractivity contribution is 6.30. The quantitative estimate of drug-likeness (QED) is 0.00958. The van der Waals surface area contributed by atoms with Crippen molar-refractivity contribution in [3.63, 3.8) is 0 Å². The Hall–Kier alpha value is -11.6. The second kappa shape index (κ2) is 48.2. The summed E-state index contributed by atoms with van der Waals surface area (Å²) >= 11 is 6.30. The molecule has 636 valence electrons. The summed E-state index contributed by atoms with van der Waals surface area (Å²) in [4.78, 5) is 64.8. The van der Waals surface area contributed by atoms with Crippen LogP contribution in [0.25, 0.3) is 10.8 Å². The van der Waals surface area contributed by atoms with Crippen LogP contribution in [0.2, 0.25) is 5.02 Å². The molecule has 2 heterocycles. The van der Waals surface area contributed by atoms with Crippen molar-refractivity contribution >= 4 is 111 Å². The number of aliphatic hydroxyl groups is 13. The maximum absolute atomic E-state index is 14.8. The Bertz CT molecular complexity index is 4520. The lowest BCUT2D eigenvalue weighted by Crippen LogP contribution is -2.46. The van der Waals surface area contributed by atoms with Crippen LogP contribution in [0.3, 0.4) is 0 Å². The number of ether oxygens (including phenoxy) is 2. The number of carbonyl (C=O) groups is 1. The number of rotatable bonds is 47. The number of carbonyl (C=O) groups excluding carboxylic acids is 1. The zero-order valence-electron chi connectivity index (χ0n) is 67.4. The van der Waals surface area contributed by atoms with Gasteiger partial charge in [-0.05, 0) is 146 Å². The van der Waals surface area contributed by atoms with Crippen LogP contribution in [0, 0.1) is 16.7 Å². The predicted molar refractivity (Wildman–Crippen MR) is 466 cm³/mol. The fourth-order valence-electron chi connectivity index (χ4n) is 12.6. The summed E-state index contributed by atoms with van der Waals surface area (Å²) in [5.41, 5.74) is 3.28. The van der Waals surface area contributed by atoms with Gasteiger partial charge in [-0.25, -0.2) is 49.9 Å². The van der Waals surface area contributed by atoms with E-state index in [-0.39, 0.29) is 82.5 Å². The molecule has 0 bridgehead atoms. The number of halogens is 1. The molecular formula is C84H112ClN17O16. The number of pyridine rings is 1. The van der Waals surface area contributed by atoms with Gasteiger partial charge in [0, 0.05) is 87.0 Å². The van der Waals surface area contributed by atoms with Gasteiger partial charge in [-0.15, -0.1) is 0 Å². The molecule has 0 radical (unpaired) electrons. The number of aliphatic hydroxyl groups excluding tert-OH is 13. The normalized spacial score (nSPS) is 17.0. The van der Waals surface area contributed by atoms with E-state index >= 15 is 0 Å². The number of hydrogen-bond acceptors (Lipinski definition) is 18. The van der Waals surface area contributed by atoms with Crippen LogP contribution in [0.5, 0.6) is 0 Å². The van der Waals surface area contributed by atoms with Crippen molar-refractivity contribution < 1.29 is 80.7 Å². The number of aliphatic imine (C=N–C) groups is 10. The molecule has 0 aliphatic carbocycles.